The van der Waals surface area contributed by atoms with Gasteiger partial charge >= 0.3 is 0 Å². The van der Waals surface area contributed by atoms with E-state index in [1.54, 1.807) is 6.20 Å². The minimum absolute atomic E-state index is 0.543. The summed E-state index contributed by atoms with van der Waals surface area (Å²) in [5.74, 6) is 0. The van der Waals surface area contributed by atoms with Crippen molar-refractivity contribution in [1.29, 1.82) is 0 Å². The van der Waals surface area contributed by atoms with Gasteiger partial charge in [-0.3, -0.25) is 4.98 Å². The van der Waals surface area contributed by atoms with Crippen molar-refractivity contribution in [3.05, 3.63) is 35.0 Å². The van der Waals surface area contributed by atoms with Crippen molar-refractivity contribution in [2.45, 2.75) is 6.92 Å². The summed E-state index contributed by atoms with van der Waals surface area (Å²) >= 11 is 6.01. The van der Waals surface area contributed by atoms with E-state index in [2.05, 4.69) is 4.98 Å². The smallest absolute Gasteiger partial charge is 0.0911 e. The monoisotopic (exact) mass is 192 g/mol. The van der Waals surface area contributed by atoms with Crippen LogP contribution in [0.5, 0.6) is 0 Å². The van der Waals surface area contributed by atoms with Crippen LogP contribution in [0.1, 0.15) is 5.56 Å². The molecule has 0 atom stereocenters. The number of pyridine rings is 1. The number of rotatable bonds is 0. The molecule has 0 aliphatic carbocycles. The SMILES string of the molecule is Cc1cc(N)c(Cl)c2ncccc12. The molecule has 66 valence electrons. The van der Waals surface area contributed by atoms with Gasteiger partial charge in [-0.2, -0.15) is 0 Å². The van der Waals surface area contributed by atoms with Crippen molar-refractivity contribution in [2.75, 3.05) is 5.73 Å². The van der Waals surface area contributed by atoms with E-state index in [0.717, 1.165) is 16.5 Å². The Morgan fingerprint density at radius 1 is 1.46 bits per heavy atom. The second kappa shape index (κ2) is 2.89. The molecule has 0 saturated heterocycles. The molecule has 13 heavy (non-hydrogen) atoms. The Morgan fingerprint density at radius 2 is 2.23 bits per heavy atom. The summed E-state index contributed by atoms with van der Waals surface area (Å²) in [4.78, 5) is 4.19. The topological polar surface area (TPSA) is 38.9 Å². The number of nitrogens with zero attached hydrogens (tertiary/aromatic N) is 1. The highest BCUT2D eigenvalue weighted by atomic mass is 35.5. The molecule has 2 rings (SSSR count). The third kappa shape index (κ3) is 1.23. The van der Waals surface area contributed by atoms with E-state index in [1.807, 2.05) is 25.1 Å². The summed E-state index contributed by atoms with van der Waals surface area (Å²) in [6, 6.07) is 5.75. The average Bonchev–Trinajstić information content (AvgIpc) is 2.15. The maximum Gasteiger partial charge on any atom is 0.0911 e. The third-order valence-electron chi connectivity index (χ3n) is 2.07. The van der Waals surface area contributed by atoms with Crippen LogP contribution in [0.15, 0.2) is 24.4 Å². The molecule has 1 aromatic heterocycles. The first kappa shape index (κ1) is 8.32. The van der Waals surface area contributed by atoms with Crippen molar-refractivity contribution in [2.24, 2.45) is 0 Å². The molecule has 0 bridgehead atoms. The van der Waals surface area contributed by atoms with Crippen LogP contribution in [0.4, 0.5) is 5.69 Å². The van der Waals surface area contributed by atoms with Crippen molar-refractivity contribution in [1.82, 2.24) is 4.98 Å². The number of nitrogen functional groups attached to an aromatic ring is 1. The Bertz CT molecular complexity index is 466. The molecule has 0 aliphatic heterocycles. The molecular formula is C10H9ClN2. The molecule has 2 nitrogen and oxygen atoms in total. The number of hydrogen-bond acceptors (Lipinski definition) is 2. The number of fused-ring (bicyclic) bond motifs is 1. The maximum absolute atomic E-state index is 6.01. The zero-order valence-electron chi connectivity index (χ0n) is 7.21. The fraction of sp³-hybridized carbons (Fsp3) is 0.100. The molecule has 2 aromatic rings. The Morgan fingerprint density at radius 3 is 3.00 bits per heavy atom. The molecule has 0 amide bonds. The van der Waals surface area contributed by atoms with Gasteiger partial charge in [0.15, 0.2) is 0 Å². The van der Waals surface area contributed by atoms with Gasteiger partial charge in [-0.1, -0.05) is 17.7 Å². The van der Waals surface area contributed by atoms with Crippen molar-refractivity contribution < 1.29 is 0 Å². The second-order valence-corrected chi connectivity index (χ2v) is 3.37. The lowest BCUT2D eigenvalue weighted by molar-refractivity contribution is 1.39. The largest absolute Gasteiger partial charge is 0.397 e. The van der Waals surface area contributed by atoms with Crippen LogP contribution in [0.3, 0.4) is 0 Å². The van der Waals surface area contributed by atoms with Gasteiger partial charge in [-0.05, 0) is 24.6 Å². The van der Waals surface area contributed by atoms with Crippen LogP contribution in [-0.4, -0.2) is 4.98 Å². The minimum Gasteiger partial charge on any atom is -0.397 e. The first-order chi connectivity index (χ1) is 6.20. The molecule has 0 unspecified atom stereocenters. The number of hydrogen-bond donors (Lipinski definition) is 1. The van der Waals surface area contributed by atoms with Crippen LogP contribution in [0.2, 0.25) is 5.02 Å². The van der Waals surface area contributed by atoms with Crippen molar-refractivity contribution in [3.63, 3.8) is 0 Å². The third-order valence-corrected chi connectivity index (χ3v) is 2.46. The molecule has 1 aromatic carbocycles. The number of aromatic nitrogens is 1. The standard InChI is InChI=1S/C10H9ClN2/c1-6-5-8(12)9(11)10-7(6)3-2-4-13-10/h2-5H,12H2,1H3. The van der Waals surface area contributed by atoms with E-state index in [9.17, 15) is 0 Å². The van der Waals surface area contributed by atoms with Gasteiger partial charge in [0.25, 0.3) is 0 Å². The molecule has 3 heteroatoms. The highest BCUT2D eigenvalue weighted by Gasteiger charge is 2.05. The maximum atomic E-state index is 6.01. The average molecular weight is 193 g/mol. The summed E-state index contributed by atoms with van der Waals surface area (Å²) in [6.45, 7) is 2.00. The van der Waals surface area contributed by atoms with E-state index in [1.165, 1.54) is 0 Å². The van der Waals surface area contributed by atoms with Gasteiger partial charge in [-0.15, -0.1) is 0 Å². The van der Waals surface area contributed by atoms with Gasteiger partial charge in [0.05, 0.1) is 16.2 Å². The number of halogens is 1. The fourth-order valence-electron chi connectivity index (χ4n) is 1.41. The zero-order valence-corrected chi connectivity index (χ0v) is 7.97. The summed E-state index contributed by atoms with van der Waals surface area (Å²) in [6.07, 6.45) is 1.72. The fourth-order valence-corrected chi connectivity index (χ4v) is 1.61. The van der Waals surface area contributed by atoms with Crippen molar-refractivity contribution in [3.8, 4) is 0 Å². The number of benzene rings is 1. The number of nitrogens with two attached hydrogens (primary N) is 1. The molecule has 1 heterocycles. The van der Waals surface area contributed by atoms with Crippen LogP contribution < -0.4 is 5.73 Å². The molecule has 0 radical (unpaired) electrons. The number of anilines is 1. The predicted molar refractivity (Wildman–Crippen MR) is 55.9 cm³/mol. The molecule has 0 fully saturated rings. The minimum atomic E-state index is 0.543. The van der Waals surface area contributed by atoms with Gasteiger partial charge in [-0.25, -0.2) is 0 Å². The lowest BCUT2D eigenvalue weighted by atomic mass is 10.1. The Labute approximate surface area is 81.3 Å². The van der Waals surface area contributed by atoms with Gasteiger partial charge < -0.3 is 5.73 Å². The molecule has 2 N–H and O–H groups in total. The van der Waals surface area contributed by atoms with E-state index < -0.39 is 0 Å². The van der Waals surface area contributed by atoms with Gasteiger partial charge in [0.1, 0.15) is 0 Å². The van der Waals surface area contributed by atoms with E-state index in [-0.39, 0.29) is 0 Å². The Balaban J connectivity index is 2.97. The summed E-state index contributed by atoms with van der Waals surface area (Å²) in [5.41, 5.74) is 8.18. The van der Waals surface area contributed by atoms with E-state index in [4.69, 9.17) is 17.3 Å². The molecular weight excluding hydrogens is 184 g/mol. The lowest BCUT2D eigenvalue weighted by Gasteiger charge is -2.05. The second-order valence-electron chi connectivity index (χ2n) is 3.00. The summed E-state index contributed by atoms with van der Waals surface area (Å²) < 4.78 is 0. The van der Waals surface area contributed by atoms with Gasteiger partial charge in [0.2, 0.25) is 0 Å². The normalized spacial score (nSPS) is 10.6. The van der Waals surface area contributed by atoms with Gasteiger partial charge in [0, 0.05) is 11.6 Å². The first-order valence-electron chi connectivity index (χ1n) is 3.99. The molecule has 0 saturated carbocycles. The van der Waals surface area contributed by atoms with Crippen molar-refractivity contribution >= 4 is 28.2 Å². The zero-order chi connectivity index (χ0) is 9.42. The van der Waals surface area contributed by atoms with Crippen LogP contribution >= 0.6 is 11.6 Å². The highest BCUT2D eigenvalue weighted by molar-refractivity contribution is 6.37. The van der Waals surface area contributed by atoms with E-state index in [0.29, 0.717) is 10.7 Å². The Kier molecular flexibility index (Phi) is 1.85. The highest BCUT2D eigenvalue weighted by Crippen LogP contribution is 2.29. The van der Waals surface area contributed by atoms with Crippen LogP contribution in [0, 0.1) is 6.92 Å². The molecule has 0 aliphatic rings. The van der Waals surface area contributed by atoms with Crippen LogP contribution in [0.25, 0.3) is 10.9 Å². The van der Waals surface area contributed by atoms with Crippen LogP contribution in [-0.2, 0) is 0 Å². The molecule has 0 spiro atoms. The number of aryl methyl sites for hydroxylation is 1. The lowest BCUT2D eigenvalue weighted by Crippen LogP contribution is -1.91. The van der Waals surface area contributed by atoms with E-state index >= 15 is 0 Å². The first-order valence-corrected chi connectivity index (χ1v) is 4.37. The summed E-state index contributed by atoms with van der Waals surface area (Å²) in [7, 11) is 0. The summed E-state index contributed by atoms with van der Waals surface area (Å²) in [5, 5.41) is 1.60. The quantitative estimate of drug-likeness (QED) is 0.652. The predicted octanol–water partition coefficient (Wildman–Crippen LogP) is 2.78. The Hall–Kier alpha value is -1.28.